The Morgan fingerprint density at radius 1 is 0.721 bits per heavy atom. The molecule has 0 radical (unpaired) electrons. The highest BCUT2D eigenvalue weighted by Gasteiger charge is 2.48. The molecule has 0 spiro atoms. The highest BCUT2D eigenvalue weighted by molar-refractivity contribution is 7.81. The molecule has 1 heterocycles. The lowest BCUT2D eigenvalue weighted by Gasteiger charge is -2.40. The number of aromatic nitrogens is 1. The molecule has 4 atom stereocenters. The lowest BCUT2D eigenvalue weighted by Crippen LogP contribution is -2.50. The Kier molecular flexibility index (Phi) is 7.92. The first-order valence-corrected chi connectivity index (χ1v) is 16.0. The van der Waals surface area contributed by atoms with Gasteiger partial charge in [0.2, 0.25) is 0 Å². The standard InChI is InChI=1S/C31H27NO9S2/c33-42(34,35)40-30-28(27-16-21-10-4-5-11-23(21)24-12-6-7-13-25(24)27)17-26(22-14-15-32-18-22)29(31(30)41-43(36,37)38)39-19-20-8-2-1-3-9-20/h1-18,26,29-32H,19H2,(H,33,34,35)(H,36,37,38)/t26-,29-,30-,31+/m1/s1. The molecule has 6 rings (SSSR count). The minimum Gasteiger partial charge on any atom is -0.370 e. The number of fused-ring (bicyclic) bond motifs is 3. The Morgan fingerprint density at radius 3 is 2.05 bits per heavy atom. The summed E-state index contributed by atoms with van der Waals surface area (Å²) in [5.74, 6) is -0.705. The van der Waals surface area contributed by atoms with Gasteiger partial charge in [-0.15, -0.1) is 0 Å². The maximum atomic E-state index is 12.3. The molecule has 1 aliphatic rings. The van der Waals surface area contributed by atoms with E-state index in [0.29, 0.717) is 11.1 Å². The zero-order valence-corrected chi connectivity index (χ0v) is 24.1. The predicted octanol–water partition coefficient (Wildman–Crippen LogP) is 5.46. The molecule has 1 aliphatic carbocycles. The van der Waals surface area contributed by atoms with Crippen molar-refractivity contribution < 1.29 is 39.0 Å². The SMILES string of the molecule is O=S(=O)(O)O[C@H]1[C@H](OCc2ccccc2)[C@@H](c2cc[nH]c2)C=C(c2cc3ccccc3c3ccccc23)[C@H]1OS(=O)(=O)O. The highest BCUT2D eigenvalue weighted by Crippen LogP contribution is 2.44. The van der Waals surface area contributed by atoms with E-state index < -0.39 is 45.0 Å². The lowest BCUT2D eigenvalue weighted by molar-refractivity contribution is -0.0755. The van der Waals surface area contributed by atoms with Crippen LogP contribution < -0.4 is 0 Å². The van der Waals surface area contributed by atoms with E-state index in [0.717, 1.165) is 27.1 Å². The Morgan fingerprint density at radius 2 is 1.37 bits per heavy atom. The van der Waals surface area contributed by atoms with Crippen LogP contribution in [-0.4, -0.2) is 49.2 Å². The number of benzene rings is 4. The molecule has 0 unspecified atom stereocenters. The first kappa shape index (κ1) is 29.2. The first-order chi connectivity index (χ1) is 20.6. The first-order valence-electron chi connectivity index (χ1n) is 13.3. The maximum Gasteiger partial charge on any atom is 0.398 e. The number of hydrogen-bond donors (Lipinski definition) is 3. The zero-order chi connectivity index (χ0) is 30.2. The van der Waals surface area contributed by atoms with Crippen molar-refractivity contribution in [1.82, 2.24) is 4.98 Å². The normalized spacial score (nSPS) is 21.2. The lowest BCUT2D eigenvalue weighted by atomic mass is 9.77. The molecule has 4 aromatic carbocycles. The van der Waals surface area contributed by atoms with Crippen LogP contribution >= 0.6 is 0 Å². The van der Waals surface area contributed by atoms with Crippen molar-refractivity contribution >= 4 is 47.9 Å². The molecule has 0 bridgehead atoms. The van der Waals surface area contributed by atoms with E-state index in [1.54, 1.807) is 36.7 Å². The Bertz CT molecular complexity index is 2010. The summed E-state index contributed by atoms with van der Waals surface area (Å²) in [4.78, 5) is 2.98. The van der Waals surface area contributed by atoms with Crippen molar-refractivity contribution in [3.05, 3.63) is 126 Å². The van der Waals surface area contributed by atoms with E-state index in [1.165, 1.54) is 0 Å². The van der Waals surface area contributed by atoms with Crippen molar-refractivity contribution in [3.8, 4) is 0 Å². The van der Waals surface area contributed by atoms with Gasteiger partial charge in [-0.25, -0.2) is 8.37 Å². The fourth-order valence-electron chi connectivity index (χ4n) is 5.75. The zero-order valence-electron chi connectivity index (χ0n) is 22.5. The third-order valence-electron chi connectivity index (χ3n) is 7.47. The minimum absolute atomic E-state index is 0.00155. The van der Waals surface area contributed by atoms with Crippen molar-refractivity contribution in [2.45, 2.75) is 30.8 Å². The summed E-state index contributed by atoms with van der Waals surface area (Å²) >= 11 is 0. The third kappa shape index (κ3) is 6.40. The molecule has 12 heteroatoms. The second kappa shape index (κ2) is 11.7. The molecule has 0 aliphatic heterocycles. The van der Waals surface area contributed by atoms with Crippen LogP contribution in [-0.2, 0) is 40.5 Å². The van der Waals surface area contributed by atoms with Crippen molar-refractivity contribution in [3.63, 3.8) is 0 Å². The van der Waals surface area contributed by atoms with Crippen LogP contribution in [0.2, 0.25) is 0 Å². The average Bonchev–Trinajstić information content (AvgIpc) is 3.51. The second-order valence-corrected chi connectivity index (χ2v) is 12.3. The van der Waals surface area contributed by atoms with E-state index in [9.17, 15) is 25.9 Å². The maximum absolute atomic E-state index is 12.3. The summed E-state index contributed by atoms with van der Waals surface area (Å²) < 4.78 is 85.3. The van der Waals surface area contributed by atoms with Crippen molar-refractivity contribution in [2.24, 2.45) is 0 Å². The number of nitrogens with one attached hydrogen (secondary N) is 1. The van der Waals surface area contributed by atoms with Crippen LogP contribution in [0.4, 0.5) is 0 Å². The third-order valence-corrected chi connectivity index (χ3v) is 8.39. The van der Waals surface area contributed by atoms with Crippen LogP contribution in [0.3, 0.4) is 0 Å². The number of hydrogen-bond acceptors (Lipinski definition) is 7. The van der Waals surface area contributed by atoms with Crippen LogP contribution in [0, 0.1) is 0 Å². The van der Waals surface area contributed by atoms with Gasteiger partial charge in [-0.1, -0.05) is 84.9 Å². The van der Waals surface area contributed by atoms with Gasteiger partial charge in [-0.3, -0.25) is 9.11 Å². The quantitative estimate of drug-likeness (QED) is 0.144. The van der Waals surface area contributed by atoms with Crippen LogP contribution in [0.5, 0.6) is 0 Å². The van der Waals surface area contributed by atoms with Gasteiger partial charge in [-0.2, -0.15) is 16.8 Å². The summed E-state index contributed by atoms with van der Waals surface area (Å²) in [6.07, 6.45) is 0.435. The van der Waals surface area contributed by atoms with Gasteiger partial charge in [-0.05, 0) is 55.9 Å². The summed E-state index contributed by atoms with van der Waals surface area (Å²) in [6, 6.07) is 27.8. The fourth-order valence-corrected chi connectivity index (χ4v) is 6.72. The molecule has 43 heavy (non-hydrogen) atoms. The number of rotatable bonds is 9. The Labute approximate surface area is 248 Å². The molecule has 0 fully saturated rings. The number of aromatic amines is 1. The van der Waals surface area contributed by atoms with Gasteiger partial charge < -0.3 is 9.72 Å². The molecule has 5 aromatic rings. The second-order valence-electron chi connectivity index (χ2n) is 10.2. The van der Waals surface area contributed by atoms with Crippen molar-refractivity contribution in [1.29, 1.82) is 0 Å². The van der Waals surface area contributed by atoms with E-state index in [2.05, 4.69) is 4.98 Å². The van der Waals surface area contributed by atoms with Gasteiger partial charge in [0.25, 0.3) is 0 Å². The predicted molar refractivity (Wildman–Crippen MR) is 161 cm³/mol. The molecule has 222 valence electrons. The number of H-pyrrole nitrogens is 1. The van der Waals surface area contributed by atoms with Crippen LogP contribution in [0.25, 0.3) is 27.1 Å². The molecule has 0 saturated heterocycles. The molecule has 3 N–H and O–H groups in total. The topological polar surface area (TPSA) is 152 Å². The van der Waals surface area contributed by atoms with E-state index in [1.807, 2.05) is 72.8 Å². The van der Waals surface area contributed by atoms with Crippen molar-refractivity contribution in [2.75, 3.05) is 0 Å². The number of ether oxygens (including phenoxy) is 1. The largest absolute Gasteiger partial charge is 0.398 e. The molecule has 10 nitrogen and oxygen atoms in total. The van der Waals surface area contributed by atoms with Gasteiger partial charge in [0.1, 0.15) is 12.2 Å². The monoisotopic (exact) mass is 621 g/mol. The van der Waals surface area contributed by atoms with E-state index in [-0.39, 0.29) is 12.2 Å². The van der Waals surface area contributed by atoms with Gasteiger partial charge >= 0.3 is 20.8 Å². The minimum atomic E-state index is -5.17. The fraction of sp³-hybridized carbons (Fsp3) is 0.161. The Hall–Kier alpha value is -3.88. The van der Waals surface area contributed by atoms with Gasteiger partial charge in [0.15, 0.2) is 0 Å². The summed E-state index contributed by atoms with van der Waals surface area (Å²) in [7, 11) is -10.3. The van der Waals surface area contributed by atoms with Crippen LogP contribution in [0.1, 0.15) is 22.6 Å². The molecule has 0 saturated carbocycles. The summed E-state index contributed by atoms with van der Waals surface area (Å²) in [5.41, 5.74) is 2.17. The molecule has 0 amide bonds. The van der Waals surface area contributed by atoms with E-state index in [4.69, 9.17) is 13.1 Å². The molecular weight excluding hydrogens is 594 g/mol. The smallest absolute Gasteiger partial charge is 0.370 e. The van der Waals surface area contributed by atoms with Crippen LogP contribution in [0.15, 0.2) is 109 Å². The van der Waals surface area contributed by atoms with Gasteiger partial charge in [0.05, 0.1) is 12.7 Å². The van der Waals surface area contributed by atoms with Gasteiger partial charge in [0, 0.05) is 18.3 Å². The summed E-state index contributed by atoms with van der Waals surface area (Å²) in [5, 5.41) is 3.35. The van der Waals surface area contributed by atoms with E-state index >= 15 is 0 Å². The average molecular weight is 622 g/mol. The molecule has 1 aromatic heterocycles. The molecular formula is C31H27NO9S2. The Balaban J connectivity index is 1.61. The highest BCUT2D eigenvalue weighted by atomic mass is 32.3. The summed E-state index contributed by atoms with van der Waals surface area (Å²) in [6.45, 7) is -0.00155.